The van der Waals surface area contributed by atoms with Gasteiger partial charge in [0.05, 0.1) is 19.8 Å². The molecule has 0 aromatic heterocycles. The third-order valence-corrected chi connectivity index (χ3v) is 4.35. The van der Waals surface area contributed by atoms with E-state index < -0.39 is 5.60 Å². The second-order valence-corrected chi connectivity index (χ2v) is 5.75. The van der Waals surface area contributed by atoms with Crippen LogP contribution < -0.4 is 14.8 Å². The van der Waals surface area contributed by atoms with Crippen molar-refractivity contribution < 1.29 is 19.4 Å². The molecule has 1 aromatic carbocycles. The van der Waals surface area contributed by atoms with E-state index in [0.29, 0.717) is 21.5 Å². The SMILES string of the molecule is COc1cc(C(=O)NCC2(O)CCC2)cc(OC)c1Br. The number of hydrogen-bond acceptors (Lipinski definition) is 4. The van der Waals surface area contributed by atoms with Crippen LogP contribution in [0.1, 0.15) is 29.6 Å². The Hall–Kier alpha value is -1.27. The van der Waals surface area contributed by atoms with Crippen molar-refractivity contribution in [2.24, 2.45) is 0 Å². The highest BCUT2D eigenvalue weighted by atomic mass is 79.9. The molecule has 110 valence electrons. The summed E-state index contributed by atoms with van der Waals surface area (Å²) in [6, 6.07) is 3.26. The van der Waals surface area contributed by atoms with Gasteiger partial charge < -0.3 is 19.9 Å². The highest BCUT2D eigenvalue weighted by molar-refractivity contribution is 9.10. The first-order valence-electron chi connectivity index (χ1n) is 6.41. The Kier molecular flexibility index (Phi) is 4.55. The van der Waals surface area contributed by atoms with Gasteiger partial charge in [-0.3, -0.25) is 4.79 Å². The number of benzene rings is 1. The van der Waals surface area contributed by atoms with Crippen molar-refractivity contribution in [1.82, 2.24) is 5.32 Å². The van der Waals surface area contributed by atoms with Gasteiger partial charge in [-0.25, -0.2) is 0 Å². The highest BCUT2D eigenvalue weighted by Crippen LogP contribution is 2.35. The van der Waals surface area contributed by atoms with E-state index in [1.807, 2.05) is 0 Å². The van der Waals surface area contributed by atoms with Crippen LogP contribution in [0.25, 0.3) is 0 Å². The minimum Gasteiger partial charge on any atom is -0.495 e. The standard InChI is InChI=1S/C14H18BrNO4/c1-19-10-6-9(7-11(20-2)12(10)15)13(17)16-8-14(18)4-3-5-14/h6-7,18H,3-5,8H2,1-2H3,(H,16,17). The largest absolute Gasteiger partial charge is 0.495 e. The smallest absolute Gasteiger partial charge is 0.251 e. The minimum absolute atomic E-state index is 0.255. The fourth-order valence-electron chi connectivity index (χ4n) is 2.11. The molecule has 1 aliphatic rings. The molecule has 0 radical (unpaired) electrons. The quantitative estimate of drug-likeness (QED) is 0.859. The maximum atomic E-state index is 12.1. The lowest BCUT2D eigenvalue weighted by Crippen LogP contribution is -2.47. The number of amides is 1. The molecule has 1 aliphatic carbocycles. The molecule has 20 heavy (non-hydrogen) atoms. The van der Waals surface area contributed by atoms with E-state index in [2.05, 4.69) is 21.2 Å². The lowest BCUT2D eigenvalue weighted by molar-refractivity contribution is -0.0300. The average molecular weight is 344 g/mol. The van der Waals surface area contributed by atoms with E-state index in [1.165, 1.54) is 14.2 Å². The van der Waals surface area contributed by atoms with Gasteiger partial charge in [0.15, 0.2) is 0 Å². The Morgan fingerprint density at radius 2 is 1.90 bits per heavy atom. The molecule has 6 heteroatoms. The molecule has 0 saturated heterocycles. The fraction of sp³-hybridized carbons (Fsp3) is 0.500. The molecule has 1 fully saturated rings. The van der Waals surface area contributed by atoms with Crippen LogP contribution in [-0.4, -0.2) is 37.4 Å². The molecule has 2 N–H and O–H groups in total. The van der Waals surface area contributed by atoms with Crippen LogP contribution >= 0.6 is 15.9 Å². The fourth-order valence-corrected chi connectivity index (χ4v) is 2.66. The number of carbonyl (C=O) groups excluding carboxylic acids is 1. The van der Waals surface area contributed by atoms with Crippen molar-refractivity contribution >= 4 is 21.8 Å². The monoisotopic (exact) mass is 343 g/mol. The van der Waals surface area contributed by atoms with Crippen molar-refractivity contribution in [3.05, 3.63) is 22.2 Å². The van der Waals surface area contributed by atoms with Crippen LogP contribution in [-0.2, 0) is 0 Å². The van der Waals surface area contributed by atoms with Gasteiger partial charge in [0.25, 0.3) is 5.91 Å². The minimum atomic E-state index is -0.737. The van der Waals surface area contributed by atoms with E-state index in [0.717, 1.165) is 19.3 Å². The number of carbonyl (C=O) groups is 1. The first kappa shape index (κ1) is 15.1. The van der Waals surface area contributed by atoms with Gasteiger partial charge >= 0.3 is 0 Å². The number of methoxy groups -OCH3 is 2. The van der Waals surface area contributed by atoms with E-state index in [4.69, 9.17) is 9.47 Å². The summed E-state index contributed by atoms with van der Waals surface area (Å²) >= 11 is 3.35. The van der Waals surface area contributed by atoms with Crippen molar-refractivity contribution in [3.8, 4) is 11.5 Å². The number of nitrogens with one attached hydrogen (secondary N) is 1. The van der Waals surface area contributed by atoms with Gasteiger partial charge in [-0.15, -0.1) is 0 Å². The Labute approximate surface area is 126 Å². The molecule has 2 rings (SSSR count). The Balaban J connectivity index is 2.12. The Morgan fingerprint density at radius 1 is 1.35 bits per heavy atom. The summed E-state index contributed by atoms with van der Waals surface area (Å²) in [5, 5.41) is 12.7. The van der Waals surface area contributed by atoms with Crippen LogP contribution in [0.3, 0.4) is 0 Å². The molecule has 0 heterocycles. The van der Waals surface area contributed by atoms with Gasteiger partial charge in [0, 0.05) is 12.1 Å². The highest BCUT2D eigenvalue weighted by Gasteiger charge is 2.34. The maximum absolute atomic E-state index is 12.1. The van der Waals surface area contributed by atoms with E-state index in [-0.39, 0.29) is 12.5 Å². The molecule has 0 spiro atoms. The van der Waals surface area contributed by atoms with E-state index in [9.17, 15) is 9.90 Å². The summed E-state index contributed by atoms with van der Waals surface area (Å²) < 4.78 is 11.1. The first-order chi connectivity index (χ1) is 9.49. The number of halogens is 1. The second-order valence-electron chi connectivity index (χ2n) is 4.96. The van der Waals surface area contributed by atoms with Gasteiger partial charge in [0.2, 0.25) is 0 Å². The average Bonchev–Trinajstić information content (AvgIpc) is 2.42. The number of ether oxygens (including phenoxy) is 2. The molecule has 0 aliphatic heterocycles. The molecule has 0 atom stereocenters. The molecular weight excluding hydrogens is 326 g/mol. The van der Waals surface area contributed by atoms with Crippen LogP contribution in [0.15, 0.2) is 16.6 Å². The van der Waals surface area contributed by atoms with Gasteiger partial charge in [0.1, 0.15) is 16.0 Å². The lowest BCUT2D eigenvalue weighted by atomic mass is 9.80. The Bertz CT molecular complexity index is 489. The van der Waals surface area contributed by atoms with Gasteiger partial charge in [-0.05, 0) is 47.3 Å². The molecule has 0 bridgehead atoms. The van der Waals surface area contributed by atoms with Gasteiger partial charge in [-0.2, -0.15) is 0 Å². The molecule has 1 aromatic rings. The van der Waals surface area contributed by atoms with Crippen LogP contribution in [0, 0.1) is 0 Å². The maximum Gasteiger partial charge on any atom is 0.251 e. The van der Waals surface area contributed by atoms with Crippen molar-refractivity contribution in [3.63, 3.8) is 0 Å². The molecular formula is C14H18BrNO4. The lowest BCUT2D eigenvalue weighted by Gasteiger charge is -2.36. The van der Waals surface area contributed by atoms with E-state index >= 15 is 0 Å². The summed E-state index contributed by atoms with van der Waals surface area (Å²) in [7, 11) is 3.05. The summed E-state index contributed by atoms with van der Waals surface area (Å²) in [4.78, 5) is 12.1. The number of rotatable bonds is 5. The number of aliphatic hydroxyl groups is 1. The van der Waals surface area contributed by atoms with Crippen molar-refractivity contribution in [1.29, 1.82) is 0 Å². The predicted octanol–water partition coefficient (Wildman–Crippen LogP) is 2.11. The molecule has 1 saturated carbocycles. The summed E-state index contributed by atoms with van der Waals surface area (Å²) in [6.07, 6.45) is 2.48. The molecule has 5 nitrogen and oxygen atoms in total. The Morgan fingerprint density at radius 3 is 2.30 bits per heavy atom. The normalized spacial score (nSPS) is 16.2. The van der Waals surface area contributed by atoms with Crippen molar-refractivity contribution in [2.75, 3.05) is 20.8 Å². The van der Waals surface area contributed by atoms with Crippen LogP contribution in [0.5, 0.6) is 11.5 Å². The zero-order valence-electron chi connectivity index (χ0n) is 11.5. The van der Waals surface area contributed by atoms with Gasteiger partial charge in [-0.1, -0.05) is 0 Å². The molecule has 0 unspecified atom stereocenters. The van der Waals surface area contributed by atoms with Crippen LogP contribution in [0.4, 0.5) is 0 Å². The summed E-state index contributed by atoms with van der Waals surface area (Å²) in [5.41, 5.74) is -0.302. The first-order valence-corrected chi connectivity index (χ1v) is 7.20. The zero-order valence-corrected chi connectivity index (χ0v) is 13.1. The summed E-state index contributed by atoms with van der Waals surface area (Å²) in [6.45, 7) is 0.270. The topological polar surface area (TPSA) is 67.8 Å². The third-order valence-electron chi connectivity index (χ3n) is 3.57. The predicted molar refractivity (Wildman–Crippen MR) is 78.4 cm³/mol. The zero-order chi connectivity index (χ0) is 14.8. The van der Waals surface area contributed by atoms with E-state index in [1.54, 1.807) is 12.1 Å². The number of hydrogen-bond donors (Lipinski definition) is 2. The third kappa shape index (κ3) is 3.07. The summed E-state index contributed by atoms with van der Waals surface area (Å²) in [5.74, 6) is 0.795. The van der Waals surface area contributed by atoms with Crippen molar-refractivity contribution in [2.45, 2.75) is 24.9 Å². The second kappa shape index (κ2) is 6.01. The van der Waals surface area contributed by atoms with Crippen LogP contribution in [0.2, 0.25) is 0 Å². The molecule has 1 amide bonds.